The van der Waals surface area contributed by atoms with Gasteiger partial charge in [0.05, 0.1) is 35.0 Å². The van der Waals surface area contributed by atoms with Crippen LogP contribution in [0.3, 0.4) is 0 Å². The van der Waals surface area contributed by atoms with Crippen LogP contribution in [-0.4, -0.2) is 28.1 Å². The van der Waals surface area contributed by atoms with E-state index in [1.54, 1.807) is 29.9 Å². The van der Waals surface area contributed by atoms with Crippen LogP contribution in [0.25, 0.3) is 0 Å². The van der Waals surface area contributed by atoms with Gasteiger partial charge in [-0.05, 0) is 0 Å². The molecule has 2 aromatic rings. The fourth-order valence-corrected chi connectivity index (χ4v) is 2.93. The summed E-state index contributed by atoms with van der Waals surface area (Å²) in [5, 5.41) is 4.40. The third-order valence-corrected chi connectivity index (χ3v) is 3.88. The molecular weight excluding hydrogens is 248 g/mol. The van der Waals surface area contributed by atoms with Crippen molar-refractivity contribution < 1.29 is 4.74 Å². The van der Waals surface area contributed by atoms with Gasteiger partial charge in [0.1, 0.15) is 5.82 Å². The zero-order chi connectivity index (χ0) is 12.2. The molecule has 0 aromatic carbocycles. The minimum atomic E-state index is 0.727. The molecule has 0 aliphatic carbocycles. The van der Waals surface area contributed by atoms with Gasteiger partial charge >= 0.3 is 0 Å². The zero-order valence-electron chi connectivity index (χ0n) is 9.93. The second-order valence-electron chi connectivity index (χ2n) is 4.05. The summed E-state index contributed by atoms with van der Waals surface area (Å²) in [5.41, 5.74) is 1.22. The van der Waals surface area contributed by atoms with Gasteiger partial charge in [-0.2, -0.15) is 0 Å². The molecule has 0 saturated heterocycles. The van der Waals surface area contributed by atoms with Gasteiger partial charge in [0.25, 0.3) is 0 Å². The first-order valence-electron chi connectivity index (χ1n) is 5.97. The maximum atomic E-state index is 5.42. The van der Waals surface area contributed by atoms with Crippen LogP contribution >= 0.6 is 11.3 Å². The van der Waals surface area contributed by atoms with Crippen molar-refractivity contribution in [2.45, 2.75) is 19.4 Å². The van der Waals surface area contributed by atoms with E-state index < -0.39 is 0 Å². The van der Waals surface area contributed by atoms with Gasteiger partial charge in [-0.15, -0.1) is 11.3 Å². The Hall–Kier alpha value is -1.53. The Kier molecular flexibility index (Phi) is 3.47. The first kappa shape index (κ1) is 11.6. The number of nitrogens with zero attached hydrogens (tertiary/aromatic N) is 3. The van der Waals surface area contributed by atoms with Crippen molar-refractivity contribution in [1.29, 1.82) is 0 Å². The third kappa shape index (κ3) is 2.65. The van der Waals surface area contributed by atoms with Crippen molar-refractivity contribution in [2.75, 3.05) is 18.5 Å². The first-order chi connectivity index (χ1) is 8.92. The van der Waals surface area contributed by atoms with Crippen LogP contribution in [0.15, 0.2) is 18.6 Å². The van der Waals surface area contributed by atoms with Gasteiger partial charge in [-0.3, -0.25) is 4.98 Å². The third-order valence-electron chi connectivity index (χ3n) is 2.75. The molecule has 0 spiro atoms. The van der Waals surface area contributed by atoms with Gasteiger partial charge < -0.3 is 10.1 Å². The van der Waals surface area contributed by atoms with E-state index in [1.807, 2.05) is 0 Å². The lowest BCUT2D eigenvalue weighted by Gasteiger charge is -2.08. The molecule has 0 radical (unpaired) electrons. The van der Waals surface area contributed by atoms with Gasteiger partial charge in [0.2, 0.25) is 0 Å². The van der Waals surface area contributed by atoms with Crippen LogP contribution in [0, 0.1) is 0 Å². The number of fused-ring (bicyclic) bond motifs is 1. The number of aromatic nitrogens is 3. The highest BCUT2D eigenvalue weighted by molar-refractivity contribution is 7.11. The number of hydrogen-bond donors (Lipinski definition) is 1. The minimum Gasteiger partial charge on any atom is -0.375 e. The highest BCUT2D eigenvalue weighted by Gasteiger charge is 2.14. The number of anilines is 1. The SMILES string of the molecule is c1cnc(NCCc2nc3c(s2)COCC3)cn1. The summed E-state index contributed by atoms with van der Waals surface area (Å²) >= 11 is 1.76. The molecule has 1 N–H and O–H groups in total. The standard InChI is InChI=1S/C12H14N4OS/c1(3-14-11-7-13-4-5-15-11)12-16-9-2-6-17-8-10(9)18-12/h4-5,7H,1-3,6,8H2,(H,14,15). The summed E-state index contributed by atoms with van der Waals surface area (Å²) in [5.74, 6) is 0.808. The largest absolute Gasteiger partial charge is 0.375 e. The van der Waals surface area contributed by atoms with Gasteiger partial charge in [0.15, 0.2) is 0 Å². The van der Waals surface area contributed by atoms with Crippen LogP contribution in [0.2, 0.25) is 0 Å². The maximum absolute atomic E-state index is 5.42. The quantitative estimate of drug-likeness (QED) is 0.908. The van der Waals surface area contributed by atoms with Crippen LogP contribution in [0.1, 0.15) is 15.6 Å². The predicted octanol–water partition coefficient (Wildman–Crippen LogP) is 1.66. The Labute approximate surface area is 109 Å². The molecule has 0 bridgehead atoms. The number of ether oxygens (including phenoxy) is 1. The topological polar surface area (TPSA) is 59.9 Å². The first-order valence-corrected chi connectivity index (χ1v) is 6.78. The van der Waals surface area contributed by atoms with Crippen LogP contribution in [0.5, 0.6) is 0 Å². The molecule has 3 rings (SSSR count). The summed E-state index contributed by atoms with van der Waals surface area (Å²) in [6.45, 7) is 2.35. The highest BCUT2D eigenvalue weighted by atomic mass is 32.1. The van der Waals surface area contributed by atoms with E-state index in [2.05, 4.69) is 20.3 Å². The molecule has 18 heavy (non-hydrogen) atoms. The summed E-state index contributed by atoms with van der Waals surface area (Å²) in [6.07, 6.45) is 6.93. The van der Waals surface area contributed by atoms with E-state index in [0.29, 0.717) is 0 Å². The molecule has 0 saturated carbocycles. The van der Waals surface area contributed by atoms with Gasteiger partial charge in [-0.1, -0.05) is 0 Å². The predicted molar refractivity (Wildman–Crippen MR) is 69.7 cm³/mol. The fourth-order valence-electron chi connectivity index (χ4n) is 1.87. The summed E-state index contributed by atoms with van der Waals surface area (Å²) in [6, 6.07) is 0. The van der Waals surface area contributed by atoms with Crippen molar-refractivity contribution in [3.05, 3.63) is 34.2 Å². The van der Waals surface area contributed by atoms with Crippen molar-refractivity contribution >= 4 is 17.2 Å². The molecule has 3 heterocycles. The fraction of sp³-hybridized carbons (Fsp3) is 0.417. The summed E-state index contributed by atoms with van der Waals surface area (Å²) in [4.78, 5) is 14.1. The Bertz CT molecular complexity index is 491. The molecule has 1 aliphatic rings. The second kappa shape index (κ2) is 5.41. The maximum Gasteiger partial charge on any atom is 0.144 e. The van der Waals surface area contributed by atoms with E-state index in [4.69, 9.17) is 4.74 Å². The Balaban J connectivity index is 1.55. The number of nitrogens with one attached hydrogen (secondary N) is 1. The average molecular weight is 262 g/mol. The molecule has 94 valence electrons. The minimum absolute atomic E-state index is 0.727. The second-order valence-corrected chi connectivity index (χ2v) is 5.22. The van der Waals surface area contributed by atoms with Crippen molar-refractivity contribution in [3.8, 4) is 0 Å². The summed E-state index contributed by atoms with van der Waals surface area (Å²) in [7, 11) is 0. The molecule has 0 fully saturated rings. The van der Waals surface area contributed by atoms with E-state index >= 15 is 0 Å². The zero-order valence-corrected chi connectivity index (χ0v) is 10.7. The smallest absolute Gasteiger partial charge is 0.144 e. The van der Waals surface area contributed by atoms with E-state index in [1.165, 1.54) is 15.6 Å². The number of rotatable bonds is 4. The van der Waals surface area contributed by atoms with Gasteiger partial charge in [-0.25, -0.2) is 9.97 Å². The Morgan fingerprint density at radius 1 is 1.39 bits per heavy atom. The Morgan fingerprint density at radius 2 is 2.39 bits per heavy atom. The molecule has 0 amide bonds. The van der Waals surface area contributed by atoms with Gasteiger partial charge in [0, 0.05) is 31.8 Å². The number of hydrogen-bond acceptors (Lipinski definition) is 6. The van der Waals surface area contributed by atoms with Crippen LogP contribution in [0.4, 0.5) is 5.82 Å². The lowest BCUT2D eigenvalue weighted by Crippen LogP contribution is -2.08. The molecule has 6 heteroatoms. The van der Waals surface area contributed by atoms with Crippen molar-refractivity contribution in [2.24, 2.45) is 0 Å². The van der Waals surface area contributed by atoms with E-state index in [0.717, 1.165) is 38.4 Å². The molecule has 2 aromatic heterocycles. The molecular formula is C12H14N4OS. The van der Waals surface area contributed by atoms with Crippen molar-refractivity contribution in [3.63, 3.8) is 0 Å². The highest BCUT2D eigenvalue weighted by Crippen LogP contribution is 2.23. The molecule has 0 unspecified atom stereocenters. The molecule has 0 atom stereocenters. The monoisotopic (exact) mass is 262 g/mol. The average Bonchev–Trinajstić information content (AvgIpc) is 2.82. The lowest BCUT2D eigenvalue weighted by atomic mass is 10.2. The van der Waals surface area contributed by atoms with E-state index in [-0.39, 0.29) is 0 Å². The van der Waals surface area contributed by atoms with Crippen molar-refractivity contribution in [1.82, 2.24) is 15.0 Å². The van der Waals surface area contributed by atoms with Crippen LogP contribution < -0.4 is 5.32 Å². The molecule has 1 aliphatic heterocycles. The normalized spacial score (nSPS) is 14.2. The molecule has 5 nitrogen and oxygen atoms in total. The number of thiazole rings is 1. The Morgan fingerprint density at radius 3 is 3.22 bits per heavy atom. The summed E-state index contributed by atoms with van der Waals surface area (Å²) < 4.78 is 5.42. The van der Waals surface area contributed by atoms with Crippen LogP contribution in [-0.2, 0) is 24.2 Å². The van der Waals surface area contributed by atoms with E-state index in [9.17, 15) is 0 Å². The lowest BCUT2D eigenvalue weighted by molar-refractivity contribution is 0.112.